The van der Waals surface area contributed by atoms with Crippen LogP contribution in [0.1, 0.15) is 39.2 Å². The van der Waals surface area contributed by atoms with Gasteiger partial charge in [0.1, 0.15) is 5.82 Å². The molecular formula is C14H24N2S. The Kier molecular flexibility index (Phi) is 7.10. The molecule has 1 N–H and O–H groups in total. The van der Waals surface area contributed by atoms with E-state index >= 15 is 0 Å². The highest BCUT2D eigenvalue weighted by Gasteiger charge is 1.98. The summed E-state index contributed by atoms with van der Waals surface area (Å²) in [4.78, 5) is 4.41. The van der Waals surface area contributed by atoms with Crippen molar-refractivity contribution in [3.63, 3.8) is 0 Å². The summed E-state index contributed by atoms with van der Waals surface area (Å²) < 4.78 is 0. The van der Waals surface area contributed by atoms with Crippen LogP contribution in [-0.4, -0.2) is 17.3 Å². The van der Waals surface area contributed by atoms with Crippen LogP contribution in [0, 0.1) is 5.92 Å². The van der Waals surface area contributed by atoms with E-state index < -0.39 is 0 Å². The summed E-state index contributed by atoms with van der Waals surface area (Å²) in [5.74, 6) is 4.12. The smallest absolute Gasteiger partial charge is 0.125 e. The highest BCUT2D eigenvalue weighted by molar-refractivity contribution is 7.98. The number of rotatable bonds is 8. The number of hydrogen-bond acceptors (Lipinski definition) is 3. The molecule has 1 aromatic rings. The number of pyridine rings is 1. The number of aromatic nitrogens is 1. The lowest BCUT2D eigenvalue weighted by molar-refractivity contribution is 0.632. The molecule has 0 bridgehead atoms. The van der Waals surface area contributed by atoms with Crippen molar-refractivity contribution in [2.45, 2.75) is 39.4 Å². The first-order valence-corrected chi connectivity index (χ1v) is 7.64. The maximum Gasteiger partial charge on any atom is 0.125 e. The summed E-state index contributed by atoms with van der Waals surface area (Å²) in [5, 5.41) is 3.29. The summed E-state index contributed by atoms with van der Waals surface area (Å²) in [6.07, 6.45) is 4.42. The van der Waals surface area contributed by atoms with E-state index in [2.05, 4.69) is 43.2 Å². The summed E-state index contributed by atoms with van der Waals surface area (Å²) in [5.41, 5.74) is 1.32. The minimum atomic E-state index is 0.807. The summed E-state index contributed by atoms with van der Waals surface area (Å²) >= 11 is 2.00. The molecule has 0 atom stereocenters. The van der Waals surface area contributed by atoms with E-state index in [4.69, 9.17) is 0 Å². The first-order chi connectivity index (χ1) is 8.22. The van der Waals surface area contributed by atoms with Gasteiger partial charge in [-0.2, -0.15) is 11.8 Å². The Bertz CT molecular complexity index is 296. The van der Waals surface area contributed by atoms with Crippen LogP contribution in [0.15, 0.2) is 18.3 Å². The molecule has 1 heterocycles. The first kappa shape index (κ1) is 14.4. The third-order valence-corrected chi connectivity index (χ3v) is 3.55. The second-order valence-electron chi connectivity index (χ2n) is 4.71. The van der Waals surface area contributed by atoms with Gasteiger partial charge < -0.3 is 5.32 Å². The van der Waals surface area contributed by atoms with Crippen LogP contribution in [0.5, 0.6) is 0 Å². The maximum atomic E-state index is 4.41. The third kappa shape index (κ3) is 6.57. The molecule has 1 aromatic heterocycles. The lowest BCUT2D eigenvalue weighted by Gasteiger charge is -2.06. The molecule has 0 aliphatic heterocycles. The molecule has 0 spiro atoms. The van der Waals surface area contributed by atoms with Crippen LogP contribution in [0.4, 0.5) is 5.82 Å². The molecule has 17 heavy (non-hydrogen) atoms. The third-order valence-electron chi connectivity index (χ3n) is 2.49. The van der Waals surface area contributed by atoms with E-state index in [1.165, 1.54) is 17.7 Å². The van der Waals surface area contributed by atoms with Gasteiger partial charge in [0.25, 0.3) is 0 Å². The van der Waals surface area contributed by atoms with Gasteiger partial charge >= 0.3 is 0 Å². The largest absolute Gasteiger partial charge is 0.370 e. The Morgan fingerprint density at radius 3 is 2.76 bits per heavy atom. The fourth-order valence-corrected chi connectivity index (χ4v) is 2.57. The normalized spacial score (nSPS) is 10.8. The quantitative estimate of drug-likeness (QED) is 0.702. The maximum absolute atomic E-state index is 4.41. The SMILES string of the molecule is CCCNc1ccc(CSCCC(C)C)cn1. The number of nitrogens with one attached hydrogen (secondary N) is 1. The fourth-order valence-electron chi connectivity index (χ4n) is 1.38. The molecule has 0 fully saturated rings. The van der Waals surface area contributed by atoms with Gasteiger partial charge in [0.2, 0.25) is 0 Å². The summed E-state index contributed by atoms with van der Waals surface area (Å²) in [6.45, 7) is 7.70. The molecular weight excluding hydrogens is 228 g/mol. The highest BCUT2D eigenvalue weighted by Crippen LogP contribution is 2.15. The zero-order chi connectivity index (χ0) is 12.5. The Morgan fingerprint density at radius 2 is 2.18 bits per heavy atom. The molecule has 0 radical (unpaired) electrons. The predicted octanol–water partition coefficient (Wildman–Crippen LogP) is 4.18. The number of hydrogen-bond donors (Lipinski definition) is 1. The Hall–Kier alpha value is -0.700. The van der Waals surface area contributed by atoms with Crippen LogP contribution in [-0.2, 0) is 5.75 Å². The molecule has 2 nitrogen and oxygen atoms in total. The molecule has 0 aliphatic rings. The van der Waals surface area contributed by atoms with Gasteiger partial charge in [-0.3, -0.25) is 0 Å². The molecule has 0 unspecified atom stereocenters. The standard InChI is InChI=1S/C14H24N2S/c1-4-8-15-14-6-5-13(10-16-14)11-17-9-7-12(2)3/h5-6,10,12H,4,7-9,11H2,1-3H3,(H,15,16). The topological polar surface area (TPSA) is 24.9 Å². The molecule has 0 saturated heterocycles. The Labute approximate surface area is 110 Å². The molecule has 0 aromatic carbocycles. The van der Waals surface area contributed by atoms with Crippen LogP contribution in [0.2, 0.25) is 0 Å². The molecule has 3 heteroatoms. The summed E-state index contributed by atoms with van der Waals surface area (Å²) in [7, 11) is 0. The van der Waals surface area contributed by atoms with Crippen LogP contribution in [0.3, 0.4) is 0 Å². The van der Waals surface area contributed by atoms with Gasteiger partial charge in [-0.25, -0.2) is 4.98 Å². The van der Waals surface area contributed by atoms with E-state index in [0.717, 1.165) is 30.5 Å². The number of thioether (sulfide) groups is 1. The predicted molar refractivity (Wildman–Crippen MR) is 78.6 cm³/mol. The average Bonchev–Trinajstić information content (AvgIpc) is 2.33. The zero-order valence-corrected chi connectivity index (χ0v) is 12.0. The van der Waals surface area contributed by atoms with E-state index in [0.29, 0.717) is 0 Å². The molecule has 96 valence electrons. The second-order valence-corrected chi connectivity index (χ2v) is 5.82. The lowest BCUT2D eigenvalue weighted by Crippen LogP contribution is -2.01. The highest BCUT2D eigenvalue weighted by atomic mass is 32.2. The van der Waals surface area contributed by atoms with Crippen molar-refractivity contribution < 1.29 is 0 Å². The van der Waals surface area contributed by atoms with Crippen LogP contribution in [0.25, 0.3) is 0 Å². The Morgan fingerprint density at radius 1 is 1.35 bits per heavy atom. The van der Waals surface area contributed by atoms with Crippen LogP contribution >= 0.6 is 11.8 Å². The lowest BCUT2D eigenvalue weighted by atomic mass is 10.2. The van der Waals surface area contributed by atoms with Crippen molar-refractivity contribution in [1.29, 1.82) is 0 Å². The molecule has 0 amide bonds. The van der Waals surface area contributed by atoms with Crippen molar-refractivity contribution in [2.75, 3.05) is 17.6 Å². The summed E-state index contributed by atoms with van der Waals surface area (Å²) in [6, 6.07) is 4.25. The van der Waals surface area contributed by atoms with Gasteiger partial charge in [0.15, 0.2) is 0 Å². The molecule has 0 aliphatic carbocycles. The van der Waals surface area contributed by atoms with Crippen molar-refractivity contribution >= 4 is 17.6 Å². The van der Waals surface area contributed by atoms with Gasteiger partial charge in [0, 0.05) is 18.5 Å². The minimum Gasteiger partial charge on any atom is -0.370 e. The van der Waals surface area contributed by atoms with Gasteiger partial charge in [-0.15, -0.1) is 0 Å². The van der Waals surface area contributed by atoms with E-state index in [-0.39, 0.29) is 0 Å². The monoisotopic (exact) mass is 252 g/mol. The van der Waals surface area contributed by atoms with E-state index in [1.54, 1.807) is 0 Å². The Balaban J connectivity index is 2.25. The average molecular weight is 252 g/mol. The van der Waals surface area contributed by atoms with Gasteiger partial charge in [-0.1, -0.05) is 26.8 Å². The number of nitrogens with zero attached hydrogens (tertiary/aromatic N) is 1. The van der Waals surface area contributed by atoms with Gasteiger partial charge in [-0.05, 0) is 36.1 Å². The second kappa shape index (κ2) is 8.40. The van der Waals surface area contributed by atoms with E-state index in [1.807, 2.05) is 18.0 Å². The first-order valence-electron chi connectivity index (χ1n) is 6.49. The fraction of sp³-hybridized carbons (Fsp3) is 0.643. The molecule has 1 rings (SSSR count). The van der Waals surface area contributed by atoms with Crippen molar-refractivity contribution in [3.8, 4) is 0 Å². The zero-order valence-electron chi connectivity index (χ0n) is 11.2. The van der Waals surface area contributed by atoms with Crippen LogP contribution < -0.4 is 5.32 Å². The van der Waals surface area contributed by atoms with Crippen molar-refractivity contribution in [2.24, 2.45) is 5.92 Å². The van der Waals surface area contributed by atoms with Crippen molar-refractivity contribution in [3.05, 3.63) is 23.9 Å². The van der Waals surface area contributed by atoms with E-state index in [9.17, 15) is 0 Å². The minimum absolute atomic E-state index is 0.807. The number of anilines is 1. The molecule has 0 saturated carbocycles. The van der Waals surface area contributed by atoms with Crippen molar-refractivity contribution in [1.82, 2.24) is 4.98 Å². The van der Waals surface area contributed by atoms with Gasteiger partial charge in [0.05, 0.1) is 0 Å².